The van der Waals surface area contributed by atoms with Crippen LogP contribution in [0, 0.1) is 0 Å². The topological polar surface area (TPSA) is 68.0 Å². The summed E-state index contributed by atoms with van der Waals surface area (Å²) in [7, 11) is 0. The molecule has 1 heterocycles. The standard InChI is InChI=1S/C13H14BrN3O2/c1-3-10-15-11(4-2)17(16-10)9-7-5-6-8(14)12(9)13(18)19/h5-7H,3-4H2,1-2H3,(H,18,19). The maximum absolute atomic E-state index is 11.4. The summed E-state index contributed by atoms with van der Waals surface area (Å²) in [5.41, 5.74) is 0.732. The van der Waals surface area contributed by atoms with Gasteiger partial charge in [-0.2, -0.15) is 5.10 Å². The number of hydrogen-bond acceptors (Lipinski definition) is 3. The molecule has 19 heavy (non-hydrogen) atoms. The number of carboxylic acid groups (broad SMARTS) is 1. The summed E-state index contributed by atoms with van der Waals surface area (Å²) >= 11 is 3.27. The first-order chi connectivity index (χ1) is 9.08. The van der Waals surface area contributed by atoms with Crippen LogP contribution >= 0.6 is 15.9 Å². The molecule has 0 radical (unpaired) electrons. The Morgan fingerprint density at radius 1 is 1.37 bits per heavy atom. The Kier molecular flexibility index (Phi) is 3.99. The lowest BCUT2D eigenvalue weighted by atomic mass is 10.2. The minimum Gasteiger partial charge on any atom is -0.478 e. The number of aromatic nitrogens is 3. The smallest absolute Gasteiger partial charge is 0.339 e. The van der Waals surface area contributed by atoms with E-state index in [9.17, 15) is 9.90 Å². The molecular weight excluding hydrogens is 310 g/mol. The summed E-state index contributed by atoms with van der Waals surface area (Å²) in [6.07, 6.45) is 1.41. The van der Waals surface area contributed by atoms with Gasteiger partial charge in [-0.25, -0.2) is 14.5 Å². The molecular formula is C13H14BrN3O2. The van der Waals surface area contributed by atoms with Crippen LogP contribution in [0.25, 0.3) is 5.69 Å². The molecule has 0 spiro atoms. The maximum Gasteiger partial charge on any atom is 0.339 e. The van der Waals surface area contributed by atoms with Crippen molar-refractivity contribution >= 4 is 21.9 Å². The number of aryl methyl sites for hydroxylation is 2. The number of aromatic carboxylic acids is 1. The van der Waals surface area contributed by atoms with E-state index >= 15 is 0 Å². The number of carboxylic acids is 1. The van der Waals surface area contributed by atoms with Crippen LogP contribution in [0.3, 0.4) is 0 Å². The molecule has 5 nitrogen and oxygen atoms in total. The lowest BCUT2D eigenvalue weighted by molar-refractivity contribution is 0.0695. The normalized spacial score (nSPS) is 10.7. The highest BCUT2D eigenvalue weighted by Gasteiger charge is 2.18. The predicted molar refractivity (Wildman–Crippen MR) is 74.8 cm³/mol. The van der Waals surface area contributed by atoms with Crippen LogP contribution in [0.5, 0.6) is 0 Å². The van der Waals surface area contributed by atoms with Gasteiger partial charge in [0.2, 0.25) is 0 Å². The number of hydrogen-bond donors (Lipinski definition) is 1. The van der Waals surface area contributed by atoms with Gasteiger partial charge in [0.15, 0.2) is 5.82 Å². The van der Waals surface area contributed by atoms with Gasteiger partial charge >= 0.3 is 5.97 Å². The molecule has 100 valence electrons. The Balaban J connectivity index is 2.68. The summed E-state index contributed by atoms with van der Waals surface area (Å²) in [5, 5.41) is 13.7. The molecule has 0 aliphatic carbocycles. The molecule has 0 saturated heterocycles. The molecule has 0 fully saturated rings. The summed E-state index contributed by atoms with van der Waals surface area (Å²) in [6.45, 7) is 3.94. The first kappa shape index (κ1) is 13.7. The second-order valence-electron chi connectivity index (χ2n) is 4.00. The van der Waals surface area contributed by atoms with Crippen molar-refractivity contribution in [2.45, 2.75) is 26.7 Å². The highest BCUT2D eigenvalue weighted by atomic mass is 79.9. The van der Waals surface area contributed by atoms with Gasteiger partial charge < -0.3 is 5.11 Å². The van der Waals surface area contributed by atoms with E-state index in [-0.39, 0.29) is 5.56 Å². The van der Waals surface area contributed by atoms with E-state index in [1.54, 1.807) is 22.9 Å². The second kappa shape index (κ2) is 5.52. The molecule has 1 N–H and O–H groups in total. The van der Waals surface area contributed by atoms with Gasteiger partial charge in [-0.15, -0.1) is 0 Å². The van der Waals surface area contributed by atoms with Crippen molar-refractivity contribution < 1.29 is 9.90 Å². The fourth-order valence-electron chi connectivity index (χ4n) is 1.86. The minimum atomic E-state index is -0.988. The second-order valence-corrected chi connectivity index (χ2v) is 4.86. The molecule has 2 aromatic rings. The average Bonchev–Trinajstić information content (AvgIpc) is 2.81. The predicted octanol–water partition coefficient (Wildman–Crippen LogP) is 2.85. The summed E-state index contributed by atoms with van der Waals surface area (Å²) in [5.74, 6) is 0.490. The number of halogens is 1. The van der Waals surface area contributed by atoms with E-state index in [1.165, 1.54) is 0 Å². The van der Waals surface area contributed by atoms with Gasteiger partial charge in [0.1, 0.15) is 5.82 Å². The van der Waals surface area contributed by atoms with Crippen LogP contribution in [0.1, 0.15) is 35.9 Å². The van der Waals surface area contributed by atoms with Gasteiger partial charge in [-0.05, 0) is 28.1 Å². The van der Waals surface area contributed by atoms with Gasteiger partial charge in [0.25, 0.3) is 0 Å². The van der Waals surface area contributed by atoms with Crippen LogP contribution in [-0.4, -0.2) is 25.8 Å². The SMILES string of the molecule is CCc1nc(CC)n(-c2cccc(Br)c2C(=O)O)n1. The van der Waals surface area contributed by atoms with E-state index in [1.807, 2.05) is 13.8 Å². The third kappa shape index (κ3) is 2.53. The maximum atomic E-state index is 11.4. The van der Waals surface area contributed by atoms with E-state index in [0.717, 1.165) is 12.2 Å². The van der Waals surface area contributed by atoms with E-state index in [4.69, 9.17) is 0 Å². The monoisotopic (exact) mass is 323 g/mol. The summed E-state index contributed by atoms with van der Waals surface area (Å²) < 4.78 is 2.15. The Hall–Kier alpha value is -1.69. The van der Waals surface area contributed by atoms with E-state index < -0.39 is 5.97 Å². The third-order valence-electron chi connectivity index (χ3n) is 2.78. The zero-order chi connectivity index (χ0) is 14.0. The molecule has 0 atom stereocenters. The van der Waals surface area contributed by atoms with Crippen molar-refractivity contribution in [3.05, 3.63) is 39.9 Å². The van der Waals surface area contributed by atoms with Crippen LogP contribution in [0.4, 0.5) is 0 Å². The zero-order valence-corrected chi connectivity index (χ0v) is 12.3. The quantitative estimate of drug-likeness (QED) is 0.939. The third-order valence-corrected chi connectivity index (χ3v) is 3.44. The first-order valence-electron chi connectivity index (χ1n) is 6.05. The van der Waals surface area contributed by atoms with Gasteiger partial charge in [0.05, 0.1) is 11.3 Å². The summed E-state index contributed by atoms with van der Waals surface area (Å²) in [4.78, 5) is 15.8. The number of benzene rings is 1. The van der Waals surface area contributed by atoms with Gasteiger partial charge in [0, 0.05) is 17.3 Å². The van der Waals surface area contributed by atoms with E-state index in [0.29, 0.717) is 22.4 Å². The highest BCUT2D eigenvalue weighted by molar-refractivity contribution is 9.10. The molecule has 0 bridgehead atoms. The molecule has 2 rings (SSSR count). The number of nitrogens with zero attached hydrogens (tertiary/aromatic N) is 3. The van der Waals surface area contributed by atoms with Crippen molar-refractivity contribution in [2.24, 2.45) is 0 Å². The number of carbonyl (C=O) groups is 1. The molecule has 1 aromatic carbocycles. The highest BCUT2D eigenvalue weighted by Crippen LogP contribution is 2.24. The van der Waals surface area contributed by atoms with Gasteiger partial charge in [-0.3, -0.25) is 0 Å². The molecule has 0 amide bonds. The van der Waals surface area contributed by atoms with Crippen molar-refractivity contribution in [3.63, 3.8) is 0 Å². The van der Waals surface area contributed by atoms with Crippen molar-refractivity contribution in [3.8, 4) is 5.69 Å². The lowest BCUT2D eigenvalue weighted by Gasteiger charge is -2.09. The Bertz CT molecular complexity index is 622. The molecule has 0 unspecified atom stereocenters. The Morgan fingerprint density at radius 3 is 2.68 bits per heavy atom. The fraction of sp³-hybridized carbons (Fsp3) is 0.308. The van der Waals surface area contributed by atoms with Crippen molar-refractivity contribution in [1.29, 1.82) is 0 Å². The largest absolute Gasteiger partial charge is 0.478 e. The zero-order valence-electron chi connectivity index (χ0n) is 10.7. The molecule has 0 aliphatic heterocycles. The minimum absolute atomic E-state index is 0.199. The van der Waals surface area contributed by atoms with Crippen LogP contribution in [0.15, 0.2) is 22.7 Å². The van der Waals surface area contributed by atoms with Crippen molar-refractivity contribution in [2.75, 3.05) is 0 Å². The fourth-order valence-corrected chi connectivity index (χ4v) is 2.39. The first-order valence-corrected chi connectivity index (χ1v) is 6.84. The average molecular weight is 324 g/mol. The van der Waals surface area contributed by atoms with Crippen molar-refractivity contribution in [1.82, 2.24) is 14.8 Å². The molecule has 6 heteroatoms. The lowest BCUT2D eigenvalue weighted by Crippen LogP contribution is -2.10. The molecule has 0 saturated carbocycles. The van der Waals surface area contributed by atoms with E-state index in [2.05, 4.69) is 26.0 Å². The number of rotatable bonds is 4. The summed E-state index contributed by atoms with van der Waals surface area (Å²) in [6, 6.07) is 5.23. The van der Waals surface area contributed by atoms with Crippen LogP contribution < -0.4 is 0 Å². The molecule has 1 aromatic heterocycles. The Labute approximate surface area is 119 Å². The van der Waals surface area contributed by atoms with Gasteiger partial charge in [-0.1, -0.05) is 19.9 Å². The Morgan fingerprint density at radius 2 is 2.11 bits per heavy atom. The van der Waals surface area contributed by atoms with Crippen LogP contribution in [-0.2, 0) is 12.8 Å². The molecule has 0 aliphatic rings. The van der Waals surface area contributed by atoms with Crippen LogP contribution in [0.2, 0.25) is 0 Å².